The van der Waals surface area contributed by atoms with E-state index < -0.39 is 25.4 Å². The normalized spacial score (nSPS) is 15.7. The number of carboxylic acids is 1. The molecule has 3 aromatic rings. The summed E-state index contributed by atoms with van der Waals surface area (Å²) < 4.78 is 17.8. The summed E-state index contributed by atoms with van der Waals surface area (Å²) in [4.78, 5) is 25.5. The second-order valence-electron chi connectivity index (χ2n) is 6.56. The van der Waals surface area contributed by atoms with E-state index in [-0.39, 0.29) is 24.3 Å². The molecule has 0 bridgehead atoms. The number of phenols is 1. The van der Waals surface area contributed by atoms with Gasteiger partial charge in [-0.05, 0) is 24.6 Å². The van der Waals surface area contributed by atoms with Crippen LogP contribution < -0.4 is 5.32 Å². The Morgan fingerprint density at radius 2 is 1.90 bits per heavy atom. The van der Waals surface area contributed by atoms with Crippen LogP contribution in [0.3, 0.4) is 0 Å². The summed E-state index contributed by atoms with van der Waals surface area (Å²) in [6.45, 7) is 1.52. The molecule has 0 radical (unpaired) electrons. The van der Waals surface area contributed by atoms with Gasteiger partial charge in [-0.25, -0.2) is 0 Å². The predicted octanol–water partition coefficient (Wildman–Crippen LogP) is 3.38. The zero-order valence-electron chi connectivity index (χ0n) is 15.8. The van der Waals surface area contributed by atoms with Crippen LogP contribution in [0.5, 0.6) is 5.75 Å². The van der Waals surface area contributed by atoms with E-state index in [1.165, 1.54) is 12.1 Å². The van der Waals surface area contributed by atoms with Crippen LogP contribution in [-0.4, -0.2) is 38.7 Å². The highest BCUT2D eigenvalue weighted by molar-refractivity contribution is 7.53. The van der Waals surface area contributed by atoms with Crippen LogP contribution in [0.15, 0.2) is 54.7 Å². The molecule has 5 N–H and O–H groups in total. The number of aromatic nitrogens is 1. The number of para-hydroxylation sites is 2. The van der Waals surface area contributed by atoms with Crippen molar-refractivity contribution in [1.29, 1.82) is 0 Å². The van der Waals surface area contributed by atoms with Gasteiger partial charge < -0.3 is 24.6 Å². The molecule has 0 aliphatic heterocycles. The van der Waals surface area contributed by atoms with Crippen molar-refractivity contribution in [2.75, 3.05) is 6.61 Å². The van der Waals surface area contributed by atoms with E-state index in [9.17, 15) is 24.5 Å². The Morgan fingerprint density at radius 1 is 1.21 bits per heavy atom. The van der Waals surface area contributed by atoms with Crippen LogP contribution in [0, 0.1) is 0 Å². The number of carbonyl (C=O) groups is 1. The maximum absolute atomic E-state index is 12.8. The molecular weight excluding hydrogens is 395 g/mol. The number of hydrogen-bond donors (Lipinski definition) is 5. The van der Waals surface area contributed by atoms with Gasteiger partial charge in [0.2, 0.25) is 0 Å². The number of nitrogens with one attached hydrogen (secondary N) is 2. The van der Waals surface area contributed by atoms with Crippen molar-refractivity contribution in [2.45, 2.75) is 25.2 Å². The van der Waals surface area contributed by atoms with Gasteiger partial charge in [-0.2, -0.15) is 0 Å². The summed E-state index contributed by atoms with van der Waals surface area (Å²) in [5, 5.41) is 23.5. The van der Waals surface area contributed by atoms with Crippen LogP contribution in [0.25, 0.3) is 10.9 Å². The second-order valence-corrected chi connectivity index (χ2v) is 8.47. The number of hydrogen-bond acceptors (Lipinski definition) is 5. The topological polar surface area (TPSA) is 132 Å². The highest BCUT2D eigenvalue weighted by Gasteiger charge is 2.38. The van der Waals surface area contributed by atoms with Gasteiger partial charge in [-0.3, -0.25) is 14.7 Å². The van der Waals surface area contributed by atoms with Crippen molar-refractivity contribution in [1.82, 2.24) is 10.3 Å². The number of phenolic OH excluding ortho intramolecular Hbond substituents is 1. The molecule has 0 aliphatic carbocycles. The molecule has 9 heteroatoms. The van der Waals surface area contributed by atoms with E-state index in [1.54, 1.807) is 25.3 Å². The summed E-state index contributed by atoms with van der Waals surface area (Å²) in [5.74, 6) is -2.82. The van der Waals surface area contributed by atoms with Gasteiger partial charge in [0, 0.05) is 29.1 Å². The maximum atomic E-state index is 12.8. The van der Waals surface area contributed by atoms with Gasteiger partial charge >= 0.3 is 13.6 Å². The molecule has 0 saturated heterocycles. The lowest BCUT2D eigenvalue weighted by molar-refractivity contribution is -0.139. The number of aliphatic carboxylic acids is 1. The van der Waals surface area contributed by atoms with Crippen LogP contribution in [0.1, 0.15) is 23.8 Å². The first-order valence-corrected chi connectivity index (χ1v) is 10.8. The third kappa shape index (κ3) is 4.68. The minimum Gasteiger partial charge on any atom is -0.508 e. The van der Waals surface area contributed by atoms with Gasteiger partial charge in [-0.15, -0.1) is 0 Å². The van der Waals surface area contributed by atoms with Crippen molar-refractivity contribution in [2.24, 2.45) is 0 Å². The molecule has 1 aromatic heterocycles. The molecule has 3 rings (SSSR count). The fraction of sp³-hybridized carbons (Fsp3) is 0.250. The molecule has 29 heavy (non-hydrogen) atoms. The van der Waals surface area contributed by atoms with Gasteiger partial charge in [0.15, 0.2) is 0 Å². The Balaban J connectivity index is 1.95. The van der Waals surface area contributed by atoms with E-state index >= 15 is 0 Å². The predicted molar refractivity (Wildman–Crippen MR) is 109 cm³/mol. The molecule has 0 amide bonds. The summed E-state index contributed by atoms with van der Waals surface area (Å²) in [5.41, 5.74) is 1.71. The lowest BCUT2D eigenvalue weighted by atomic mass is 10.0. The molecule has 0 aliphatic rings. The largest absolute Gasteiger partial charge is 0.508 e. The van der Waals surface area contributed by atoms with E-state index in [4.69, 9.17) is 4.52 Å². The Hall–Kier alpha value is -2.64. The summed E-state index contributed by atoms with van der Waals surface area (Å²) in [6.07, 6.45) is 1.79. The minimum absolute atomic E-state index is 0.0419. The van der Waals surface area contributed by atoms with Crippen molar-refractivity contribution < 1.29 is 29.0 Å². The number of rotatable bonds is 9. The number of fused-ring (bicyclic) bond motifs is 1. The molecule has 8 nitrogen and oxygen atoms in total. The van der Waals surface area contributed by atoms with Gasteiger partial charge in [0.05, 0.1) is 6.61 Å². The SMILES string of the molecule is CCOP(=O)(O)C(N[C@@H](Cc1c[nH]c2ccccc12)C(=O)O)c1ccccc1O. The smallest absolute Gasteiger partial charge is 0.349 e. The maximum Gasteiger partial charge on any atom is 0.349 e. The quantitative estimate of drug-likeness (QED) is 0.337. The lowest BCUT2D eigenvalue weighted by Crippen LogP contribution is -2.41. The van der Waals surface area contributed by atoms with Gasteiger partial charge in [-0.1, -0.05) is 36.4 Å². The van der Waals surface area contributed by atoms with Crippen molar-refractivity contribution in [3.05, 3.63) is 65.9 Å². The number of aromatic amines is 1. The molecule has 3 atom stereocenters. The van der Waals surface area contributed by atoms with Crippen molar-refractivity contribution in [3.8, 4) is 5.75 Å². The minimum atomic E-state index is -4.33. The van der Waals surface area contributed by atoms with E-state index in [2.05, 4.69) is 10.3 Å². The second kappa shape index (κ2) is 8.80. The molecule has 154 valence electrons. The fourth-order valence-electron chi connectivity index (χ4n) is 3.27. The zero-order chi connectivity index (χ0) is 21.0. The molecule has 2 unspecified atom stereocenters. The first-order valence-electron chi connectivity index (χ1n) is 9.12. The van der Waals surface area contributed by atoms with Crippen molar-refractivity contribution in [3.63, 3.8) is 0 Å². The average Bonchev–Trinajstić information content (AvgIpc) is 3.08. The van der Waals surface area contributed by atoms with E-state index in [0.717, 1.165) is 16.5 Å². The first-order chi connectivity index (χ1) is 13.8. The Morgan fingerprint density at radius 3 is 2.59 bits per heavy atom. The van der Waals surface area contributed by atoms with E-state index in [1.807, 2.05) is 24.3 Å². The first kappa shape index (κ1) is 21.1. The molecule has 1 heterocycles. The van der Waals surface area contributed by atoms with Crippen LogP contribution in [-0.2, 0) is 20.3 Å². The molecule has 0 saturated carbocycles. The number of H-pyrrole nitrogens is 1. The van der Waals surface area contributed by atoms with Crippen LogP contribution in [0.4, 0.5) is 0 Å². The Labute approximate surface area is 167 Å². The van der Waals surface area contributed by atoms with Gasteiger partial charge in [0.25, 0.3) is 0 Å². The molecule has 0 spiro atoms. The monoisotopic (exact) mass is 418 g/mol. The number of benzene rings is 2. The average molecular weight is 418 g/mol. The summed E-state index contributed by atoms with van der Waals surface area (Å²) >= 11 is 0. The third-order valence-electron chi connectivity index (χ3n) is 4.63. The number of aromatic hydroxyl groups is 1. The number of carboxylic acid groups (broad SMARTS) is 1. The highest BCUT2D eigenvalue weighted by Crippen LogP contribution is 2.56. The summed E-state index contributed by atoms with van der Waals surface area (Å²) in [7, 11) is -4.33. The van der Waals surface area contributed by atoms with Gasteiger partial charge in [0.1, 0.15) is 17.6 Å². The van der Waals surface area contributed by atoms with E-state index in [0.29, 0.717) is 0 Å². The fourth-order valence-corrected chi connectivity index (χ4v) is 4.72. The molecule has 2 aromatic carbocycles. The van der Waals surface area contributed by atoms with Crippen LogP contribution in [0.2, 0.25) is 0 Å². The third-order valence-corrected chi connectivity index (χ3v) is 6.34. The van der Waals surface area contributed by atoms with Crippen molar-refractivity contribution >= 4 is 24.5 Å². The Kier molecular flexibility index (Phi) is 6.39. The lowest BCUT2D eigenvalue weighted by Gasteiger charge is -2.27. The van der Waals surface area contributed by atoms with Crippen LogP contribution >= 0.6 is 7.60 Å². The standard InChI is InChI=1S/C20H23N2O6P/c1-2-28-29(26,27)19(15-8-4-6-10-18(15)23)22-17(20(24)25)11-13-12-21-16-9-5-3-7-14(13)16/h3-10,12,17,19,21-23H,2,11H2,1H3,(H,24,25)(H,26,27)/t17-,19?/m0/s1. The highest BCUT2D eigenvalue weighted by atomic mass is 31.2. The molecular formula is C20H23N2O6P. The Bertz CT molecular complexity index is 1050. The summed E-state index contributed by atoms with van der Waals surface area (Å²) in [6, 6.07) is 12.3. The zero-order valence-corrected chi connectivity index (χ0v) is 16.7. The molecule has 0 fully saturated rings.